The fourth-order valence-electron chi connectivity index (χ4n) is 1.99. The maximum absolute atomic E-state index is 12.0. The number of nitrogens with zero attached hydrogens (tertiary/aromatic N) is 2. The molecule has 0 aliphatic rings. The first-order valence-electron chi connectivity index (χ1n) is 5.32. The quantitative estimate of drug-likeness (QED) is 0.834. The van der Waals surface area contributed by atoms with E-state index in [2.05, 4.69) is 0 Å². The van der Waals surface area contributed by atoms with Gasteiger partial charge < -0.3 is 9.30 Å². The number of benzene rings is 1. The molecule has 0 saturated heterocycles. The molecule has 0 amide bonds. The number of ether oxygens (including phenoxy) is 1. The molecule has 1 heterocycles. The van der Waals surface area contributed by atoms with Crippen LogP contribution < -0.4 is 10.3 Å². The van der Waals surface area contributed by atoms with E-state index in [1.165, 1.54) is 4.57 Å². The van der Waals surface area contributed by atoms with Crippen molar-refractivity contribution >= 4 is 22.5 Å². The minimum absolute atomic E-state index is 0.0677. The maximum Gasteiger partial charge on any atom is 0.255 e. The lowest BCUT2D eigenvalue weighted by Gasteiger charge is -2.12. The van der Waals surface area contributed by atoms with Gasteiger partial charge in [0.15, 0.2) is 0 Å². The minimum Gasteiger partial charge on any atom is -0.496 e. The number of hydrogen-bond acceptors (Lipinski definition) is 3. The van der Waals surface area contributed by atoms with E-state index < -0.39 is 0 Å². The highest BCUT2D eigenvalue weighted by Gasteiger charge is 2.12. The van der Waals surface area contributed by atoms with Crippen molar-refractivity contribution in [3.8, 4) is 11.8 Å². The van der Waals surface area contributed by atoms with Crippen LogP contribution in [0.2, 0.25) is 5.02 Å². The third-order valence-corrected chi connectivity index (χ3v) is 3.16. The van der Waals surface area contributed by atoms with Crippen LogP contribution in [0.5, 0.6) is 5.75 Å². The lowest BCUT2D eigenvalue weighted by molar-refractivity contribution is 0.419. The molecule has 0 atom stereocenters. The first-order chi connectivity index (χ1) is 8.60. The average Bonchev–Trinajstić information content (AvgIpc) is 2.36. The van der Waals surface area contributed by atoms with Crippen LogP contribution in [-0.4, -0.2) is 11.7 Å². The van der Waals surface area contributed by atoms with Crippen molar-refractivity contribution in [1.82, 2.24) is 4.57 Å². The van der Waals surface area contributed by atoms with Crippen LogP contribution in [0.1, 0.15) is 5.56 Å². The Balaban J connectivity index is 2.95. The third-order valence-electron chi connectivity index (χ3n) is 2.85. The number of rotatable bonds is 2. The number of pyridine rings is 1. The fraction of sp³-hybridized carbons (Fsp3) is 0.231. The van der Waals surface area contributed by atoms with Gasteiger partial charge in [0.1, 0.15) is 5.75 Å². The second-order valence-electron chi connectivity index (χ2n) is 3.88. The molecule has 2 rings (SSSR count). The predicted octanol–water partition coefficient (Wildman–Crippen LogP) is 2.27. The SMILES string of the molecule is COc1ccc(Cl)c2c1cc(CC#N)c(=O)n2C. The van der Waals surface area contributed by atoms with Crippen LogP contribution >= 0.6 is 11.6 Å². The second kappa shape index (κ2) is 4.71. The molecular weight excluding hydrogens is 252 g/mol. The van der Waals surface area contributed by atoms with E-state index >= 15 is 0 Å². The van der Waals surface area contributed by atoms with Crippen molar-refractivity contribution in [1.29, 1.82) is 5.26 Å². The van der Waals surface area contributed by atoms with Gasteiger partial charge in [-0.25, -0.2) is 0 Å². The number of aryl methyl sites for hydroxylation is 1. The summed E-state index contributed by atoms with van der Waals surface area (Å²) >= 11 is 6.11. The summed E-state index contributed by atoms with van der Waals surface area (Å²) in [5.41, 5.74) is 0.843. The highest BCUT2D eigenvalue weighted by molar-refractivity contribution is 6.35. The minimum atomic E-state index is -0.209. The molecule has 4 nitrogen and oxygen atoms in total. The lowest BCUT2D eigenvalue weighted by atomic mass is 10.1. The van der Waals surface area contributed by atoms with Crippen LogP contribution in [0, 0.1) is 11.3 Å². The molecule has 0 bridgehead atoms. The van der Waals surface area contributed by atoms with Crippen molar-refractivity contribution in [3.63, 3.8) is 0 Å². The van der Waals surface area contributed by atoms with Gasteiger partial charge in [0.2, 0.25) is 0 Å². The van der Waals surface area contributed by atoms with E-state index in [0.29, 0.717) is 21.9 Å². The number of methoxy groups -OCH3 is 1. The van der Waals surface area contributed by atoms with Crippen LogP contribution in [-0.2, 0) is 13.5 Å². The van der Waals surface area contributed by atoms with E-state index in [1.807, 2.05) is 6.07 Å². The number of aromatic nitrogens is 1. The van der Waals surface area contributed by atoms with Crippen LogP contribution in [0.25, 0.3) is 10.9 Å². The Bertz CT molecular complexity index is 713. The molecule has 0 radical (unpaired) electrons. The highest BCUT2D eigenvalue weighted by Crippen LogP contribution is 2.30. The number of halogens is 1. The Kier molecular flexibility index (Phi) is 3.26. The topological polar surface area (TPSA) is 55.0 Å². The van der Waals surface area contributed by atoms with Gasteiger partial charge in [0, 0.05) is 18.0 Å². The summed E-state index contributed by atoms with van der Waals surface area (Å²) in [6.07, 6.45) is 0.0677. The summed E-state index contributed by atoms with van der Waals surface area (Å²) in [5.74, 6) is 0.629. The van der Waals surface area contributed by atoms with E-state index in [4.69, 9.17) is 21.6 Å². The molecule has 5 heteroatoms. The smallest absolute Gasteiger partial charge is 0.255 e. The van der Waals surface area contributed by atoms with Crippen molar-refractivity contribution in [3.05, 3.63) is 39.1 Å². The van der Waals surface area contributed by atoms with Gasteiger partial charge in [0.25, 0.3) is 5.56 Å². The maximum atomic E-state index is 12.0. The van der Waals surface area contributed by atoms with Gasteiger partial charge in [-0.3, -0.25) is 4.79 Å². The molecule has 0 aliphatic heterocycles. The zero-order valence-corrected chi connectivity index (χ0v) is 10.8. The second-order valence-corrected chi connectivity index (χ2v) is 4.29. The Hall–Kier alpha value is -1.99. The van der Waals surface area contributed by atoms with Crippen molar-refractivity contribution in [2.75, 3.05) is 7.11 Å². The van der Waals surface area contributed by atoms with Crippen LogP contribution in [0.3, 0.4) is 0 Å². The summed E-state index contributed by atoms with van der Waals surface area (Å²) in [5, 5.41) is 9.95. The van der Waals surface area contributed by atoms with Crippen LogP contribution in [0.15, 0.2) is 23.0 Å². The third kappa shape index (κ3) is 1.83. The number of hydrogen-bond donors (Lipinski definition) is 0. The number of fused-ring (bicyclic) bond motifs is 1. The molecule has 0 saturated carbocycles. The molecule has 18 heavy (non-hydrogen) atoms. The fourth-order valence-corrected chi connectivity index (χ4v) is 2.28. The first-order valence-corrected chi connectivity index (χ1v) is 5.70. The summed E-state index contributed by atoms with van der Waals surface area (Å²) in [7, 11) is 3.19. The molecule has 0 unspecified atom stereocenters. The largest absolute Gasteiger partial charge is 0.496 e. The van der Waals surface area contributed by atoms with Gasteiger partial charge in [-0.05, 0) is 18.2 Å². The van der Waals surface area contributed by atoms with Gasteiger partial charge in [-0.15, -0.1) is 0 Å². The molecule has 1 aromatic carbocycles. The normalized spacial score (nSPS) is 10.3. The Morgan fingerprint density at radius 3 is 2.83 bits per heavy atom. The van der Waals surface area contributed by atoms with E-state index in [9.17, 15) is 4.79 Å². The van der Waals surface area contributed by atoms with E-state index in [1.54, 1.807) is 32.4 Å². The zero-order valence-electron chi connectivity index (χ0n) is 10.0. The Morgan fingerprint density at radius 1 is 1.50 bits per heavy atom. The van der Waals surface area contributed by atoms with Gasteiger partial charge in [-0.1, -0.05) is 11.6 Å². The molecule has 0 spiro atoms. The standard InChI is InChI=1S/C13H11ClN2O2/c1-16-12-9(7-8(5-6-15)13(16)17)11(18-2)4-3-10(12)14/h3-4,7H,5H2,1-2H3. The number of nitriles is 1. The summed E-state index contributed by atoms with van der Waals surface area (Å²) < 4.78 is 6.70. The monoisotopic (exact) mass is 262 g/mol. The first kappa shape index (κ1) is 12.5. The van der Waals surface area contributed by atoms with E-state index in [-0.39, 0.29) is 12.0 Å². The van der Waals surface area contributed by atoms with Gasteiger partial charge >= 0.3 is 0 Å². The molecular formula is C13H11ClN2O2. The van der Waals surface area contributed by atoms with Crippen molar-refractivity contribution in [2.45, 2.75) is 6.42 Å². The highest BCUT2D eigenvalue weighted by atomic mass is 35.5. The van der Waals surface area contributed by atoms with Crippen molar-refractivity contribution < 1.29 is 4.74 Å². The van der Waals surface area contributed by atoms with Gasteiger partial charge in [-0.2, -0.15) is 5.26 Å². The zero-order chi connectivity index (χ0) is 13.3. The lowest BCUT2D eigenvalue weighted by Crippen LogP contribution is -2.21. The van der Waals surface area contributed by atoms with E-state index in [0.717, 1.165) is 5.39 Å². The summed E-state index contributed by atoms with van der Waals surface area (Å²) in [6.45, 7) is 0. The Morgan fingerprint density at radius 2 is 2.22 bits per heavy atom. The Labute approximate surface area is 109 Å². The molecule has 0 fully saturated rings. The van der Waals surface area contributed by atoms with Crippen LogP contribution in [0.4, 0.5) is 0 Å². The van der Waals surface area contributed by atoms with Gasteiger partial charge in [0.05, 0.1) is 30.1 Å². The molecule has 1 aromatic heterocycles. The molecule has 2 aromatic rings. The molecule has 92 valence electrons. The molecule has 0 N–H and O–H groups in total. The summed E-state index contributed by atoms with van der Waals surface area (Å²) in [6, 6.07) is 7.08. The summed E-state index contributed by atoms with van der Waals surface area (Å²) in [4.78, 5) is 12.0. The molecule has 0 aliphatic carbocycles. The van der Waals surface area contributed by atoms with Crippen molar-refractivity contribution in [2.24, 2.45) is 7.05 Å². The average molecular weight is 263 g/mol. The predicted molar refractivity (Wildman–Crippen MR) is 70.1 cm³/mol.